The van der Waals surface area contributed by atoms with Gasteiger partial charge in [-0.15, -0.1) is 0 Å². The first-order valence-corrected chi connectivity index (χ1v) is 6.50. The van der Waals surface area contributed by atoms with E-state index in [9.17, 15) is 17.6 Å². The van der Waals surface area contributed by atoms with Crippen LogP contribution < -0.4 is 5.32 Å². The second kappa shape index (κ2) is 6.03. The Morgan fingerprint density at radius 3 is 2.38 bits per heavy atom. The van der Waals surface area contributed by atoms with Crippen LogP contribution in [0.15, 0.2) is 42.5 Å². The molecule has 1 atom stereocenters. The van der Waals surface area contributed by atoms with E-state index in [-0.39, 0.29) is 10.6 Å². The summed E-state index contributed by atoms with van der Waals surface area (Å²) in [6.45, 7) is 0. The van der Waals surface area contributed by atoms with Crippen LogP contribution in [0.4, 0.5) is 17.6 Å². The van der Waals surface area contributed by atoms with Gasteiger partial charge in [-0.2, -0.15) is 13.2 Å². The molecule has 2 aromatic rings. The van der Waals surface area contributed by atoms with Crippen LogP contribution in [0, 0.1) is 5.82 Å². The van der Waals surface area contributed by atoms with Crippen LogP contribution in [0.25, 0.3) is 0 Å². The zero-order chi connectivity index (χ0) is 15.6. The molecule has 0 aliphatic rings. The topological polar surface area (TPSA) is 12.0 Å². The lowest BCUT2D eigenvalue weighted by atomic mass is 9.96. The summed E-state index contributed by atoms with van der Waals surface area (Å²) in [5.74, 6) is -0.570. The molecule has 0 heterocycles. The average molecular weight is 318 g/mol. The van der Waals surface area contributed by atoms with Gasteiger partial charge in [-0.1, -0.05) is 29.8 Å². The van der Waals surface area contributed by atoms with Gasteiger partial charge in [0.15, 0.2) is 0 Å². The maximum atomic E-state index is 14.0. The fraction of sp³-hybridized carbons (Fsp3) is 0.200. The number of nitrogens with one attached hydrogen (secondary N) is 1. The highest BCUT2D eigenvalue weighted by Gasteiger charge is 2.31. The van der Waals surface area contributed by atoms with Gasteiger partial charge in [0.2, 0.25) is 0 Å². The van der Waals surface area contributed by atoms with Crippen molar-refractivity contribution in [2.75, 3.05) is 7.05 Å². The van der Waals surface area contributed by atoms with Gasteiger partial charge in [0.1, 0.15) is 5.82 Å². The van der Waals surface area contributed by atoms with Crippen molar-refractivity contribution in [3.8, 4) is 0 Å². The number of hydrogen-bond donors (Lipinski definition) is 1. The zero-order valence-electron chi connectivity index (χ0n) is 11.0. The summed E-state index contributed by atoms with van der Waals surface area (Å²) in [7, 11) is 1.55. The summed E-state index contributed by atoms with van der Waals surface area (Å²) in [4.78, 5) is 0. The van der Waals surface area contributed by atoms with E-state index in [1.165, 1.54) is 24.3 Å². The Bertz CT molecular complexity index is 640. The Kier molecular flexibility index (Phi) is 4.54. The van der Waals surface area contributed by atoms with Crippen LogP contribution in [0.1, 0.15) is 22.7 Å². The Labute approximate surface area is 124 Å². The van der Waals surface area contributed by atoms with Gasteiger partial charge in [0, 0.05) is 10.6 Å². The molecule has 21 heavy (non-hydrogen) atoms. The van der Waals surface area contributed by atoms with Crippen molar-refractivity contribution in [1.29, 1.82) is 0 Å². The molecule has 0 saturated heterocycles. The van der Waals surface area contributed by atoms with Crippen LogP contribution in [-0.4, -0.2) is 7.05 Å². The van der Waals surface area contributed by atoms with E-state index in [2.05, 4.69) is 5.32 Å². The molecular formula is C15H12ClF4N. The number of benzene rings is 2. The third-order valence-corrected chi connectivity index (χ3v) is 3.34. The highest BCUT2D eigenvalue weighted by Crippen LogP contribution is 2.33. The van der Waals surface area contributed by atoms with Crippen molar-refractivity contribution < 1.29 is 17.6 Å². The van der Waals surface area contributed by atoms with E-state index in [4.69, 9.17) is 11.6 Å². The summed E-state index contributed by atoms with van der Waals surface area (Å²) in [5, 5.41) is 3.05. The van der Waals surface area contributed by atoms with Gasteiger partial charge in [-0.3, -0.25) is 0 Å². The summed E-state index contributed by atoms with van der Waals surface area (Å²) in [5.41, 5.74) is -0.204. The summed E-state index contributed by atoms with van der Waals surface area (Å²) in [6.07, 6.45) is -4.44. The van der Waals surface area contributed by atoms with Crippen molar-refractivity contribution in [3.05, 3.63) is 70.0 Å². The molecule has 1 nitrogen and oxygen atoms in total. The van der Waals surface area contributed by atoms with Crippen molar-refractivity contribution >= 4 is 11.6 Å². The molecule has 1 unspecified atom stereocenters. The van der Waals surface area contributed by atoms with E-state index < -0.39 is 23.6 Å². The van der Waals surface area contributed by atoms with Gasteiger partial charge >= 0.3 is 6.18 Å². The SMILES string of the molecule is CNC(c1cccc(C(F)(F)F)c1)c1ccc(Cl)cc1F. The fourth-order valence-corrected chi connectivity index (χ4v) is 2.29. The lowest BCUT2D eigenvalue weighted by Crippen LogP contribution is -2.19. The normalized spacial score (nSPS) is 13.2. The van der Waals surface area contributed by atoms with Crippen LogP contribution >= 0.6 is 11.6 Å². The number of halogens is 5. The molecule has 2 rings (SSSR count). The van der Waals surface area contributed by atoms with Gasteiger partial charge < -0.3 is 5.32 Å². The summed E-state index contributed by atoms with van der Waals surface area (Å²) >= 11 is 5.69. The number of hydrogen-bond acceptors (Lipinski definition) is 1. The Balaban J connectivity index is 2.47. The van der Waals surface area contributed by atoms with Crippen molar-refractivity contribution in [1.82, 2.24) is 5.32 Å². The first-order valence-electron chi connectivity index (χ1n) is 6.12. The number of alkyl halides is 3. The molecule has 0 aromatic heterocycles. The van der Waals surface area contributed by atoms with E-state index >= 15 is 0 Å². The van der Waals surface area contributed by atoms with Crippen molar-refractivity contribution in [3.63, 3.8) is 0 Å². The maximum absolute atomic E-state index is 14.0. The average Bonchev–Trinajstić information content (AvgIpc) is 2.41. The molecule has 0 bridgehead atoms. The third kappa shape index (κ3) is 3.54. The quantitative estimate of drug-likeness (QED) is 0.801. The monoisotopic (exact) mass is 317 g/mol. The van der Waals surface area contributed by atoms with Crippen LogP contribution in [0.3, 0.4) is 0 Å². The van der Waals surface area contributed by atoms with Crippen LogP contribution in [0.2, 0.25) is 5.02 Å². The standard InChI is InChI=1S/C15H12ClF4N/c1-21-14(12-6-5-11(16)8-13(12)17)9-3-2-4-10(7-9)15(18,19)20/h2-8,14,21H,1H3. The molecule has 0 aliphatic heterocycles. The van der Waals surface area contributed by atoms with E-state index in [1.54, 1.807) is 7.05 Å². The summed E-state index contributed by atoms with van der Waals surface area (Å²) < 4.78 is 52.2. The highest BCUT2D eigenvalue weighted by molar-refractivity contribution is 6.30. The van der Waals surface area contributed by atoms with E-state index in [0.29, 0.717) is 5.56 Å². The fourth-order valence-electron chi connectivity index (χ4n) is 2.13. The molecule has 6 heteroatoms. The molecular weight excluding hydrogens is 306 g/mol. The van der Waals surface area contributed by atoms with Crippen LogP contribution in [-0.2, 0) is 6.18 Å². The first-order chi connectivity index (χ1) is 9.82. The van der Waals surface area contributed by atoms with E-state index in [1.807, 2.05) is 0 Å². The molecule has 0 fully saturated rings. The lowest BCUT2D eigenvalue weighted by molar-refractivity contribution is -0.137. The molecule has 0 radical (unpaired) electrons. The Morgan fingerprint density at radius 2 is 1.81 bits per heavy atom. The first kappa shape index (κ1) is 15.8. The van der Waals surface area contributed by atoms with Gasteiger partial charge in [0.25, 0.3) is 0 Å². The largest absolute Gasteiger partial charge is 0.416 e. The van der Waals surface area contributed by atoms with E-state index in [0.717, 1.165) is 18.2 Å². The van der Waals surface area contributed by atoms with Crippen molar-refractivity contribution in [2.24, 2.45) is 0 Å². The highest BCUT2D eigenvalue weighted by atomic mass is 35.5. The lowest BCUT2D eigenvalue weighted by Gasteiger charge is -2.19. The second-order valence-corrected chi connectivity index (χ2v) is 4.95. The second-order valence-electron chi connectivity index (χ2n) is 4.51. The molecule has 2 aromatic carbocycles. The third-order valence-electron chi connectivity index (χ3n) is 3.11. The predicted molar refractivity (Wildman–Crippen MR) is 73.8 cm³/mol. The zero-order valence-corrected chi connectivity index (χ0v) is 11.8. The molecule has 0 aliphatic carbocycles. The minimum atomic E-state index is -4.44. The van der Waals surface area contributed by atoms with Crippen molar-refractivity contribution in [2.45, 2.75) is 12.2 Å². The predicted octanol–water partition coefficient (Wildman–Crippen LogP) is 4.81. The van der Waals surface area contributed by atoms with Gasteiger partial charge in [-0.25, -0.2) is 4.39 Å². The minimum Gasteiger partial charge on any atom is -0.309 e. The molecule has 1 N–H and O–H groups in total. The van der Waals surface area contributed by atoms with Gasteiger partial charge in [-0.05, 0) is 36.9 Å². The minimum absolute atomic E-state index is 0.232. The molecule has 0 amide bonds. The molecule has 0 saturated carbocycles. The Morgan fingerprint density at radius 1 is 1.10 bits per heavy atom. The molecule has 0 spiro atoms. The Hall–Kier alpha value is -1.59. The smallest absolute Gasteiger partial charge is 0.309 e. The molecule has 112 valence electrons. The summed E-state index contributed by atoms with van der Waals surface area (Å²) in [6, 6.07) is 8.21. The van der Waals surface area contributed by atoms with Gasteiger partial charge in [0.05, 0.1) is 11.6 Å². The maximum Gasteiger partial charge on any atom is 0.416 e. The van der Waals surface area contributed by atoms with Crippen LogP contribution in [0.5, 0.6) is 0 Å². The number of rotatable bonds is 3.